The molecule has 0 unspecified atom stereocenters. The van der Waals surface area contributed by atoms with Gasteiger partial charge < -0.3 is 15.0 Å². The van der Waals surface area contributed by atoms with E-state index in [2.05, 4.69) is 16.4 Å². The summed E-state index contributed by atoms with van der Waals surface area (Å²) in [6.45, 7) is 1.54. The van der Waals surface area contributed by atoms with Crippen molar-refractivity contribution in [2.24, 2.45) is 0 Å². The number of hydrogen-bond donors (Lipinski definition) is 2. The number of para-hydroxylation sites is 1. The van der Waals surface area contributed by atoms with Crippen molar-refractivity contribution in [3.63, 3.8) is 0 Å². The number of hydrogen-bond acceptors (Lipinski definition) is 4. The third-order valence-corrected chi connectivity index (χ3v) is 7.84. The zero-order chi connectivity index (χ0) is 23.3. The molecule has 1 aliphatic heterocycles. The molecule has 1 amide bonds. The Balaban J connectivity index is 1.41. The van der Waals surface area contributed by atoms with Gasteiger partial charge in [0.25, 0.3) is 0 Å². The third-order valence-electron chi connectivity index (χ3n) is 5.92. The molecule has 1 fully saturated rings. The maximum atomic E-state index is 13.1. The highest BCUT2D eigenvalue weighted by Crippen LogP contribution is 2.30. The fraction of sp³-hybridized carbons (Fsp3) is 0.320. The van der Waals surface area contributed by atoms with Gasteiger partial charge in [-0.1, -0.05) is 30.7 Å². The molecule has 1 aromatic heterocycles. The zero-order valence-electron chi connectivity index (χ0n) is 18.7. The topological polar surface area (TPSA) is 91.5 Å². The molecule has 2 N–H and O–H groups in total. The predicted molar refractivity (Wildman–Crippen MR) is 130 cm³/mol. The number of aromatic nitrogens is 1. The van der Waals surface area contributed by atoms with E-state index < -0.39 is 10.0 Å². The zero-order valence-corrected chi connectivity index (χ0v) is 19.5. The Morgan fingerprint density at radius 3 is 2.73 bits per heavy atom. The molecule has 2 aromatic carbocycles. The summed E-state index contributed by atoms with van der Waals surface area (Å²) in [7, 11) is -2.19. The summed E-state index contributed by atoms with van der Waals surface area (Å²) in [5.41, 5.74) is 2.85. The normalized spacial score (nSPS) is 15.2. The minimum atomic E-state index is -3.65. The number of carbonyl (C=O) groups is 1. The van der Waals surface area contributed by atoms with E-state index >= 15 is 0 Å². The molecule has 3 aromatic rings. The second kappa shape index (κ2) is 10.2. The Hall–Kier alpha value is -3.10. The molecule has 174 valence electrons. The quantitative estimate of drug-likeness (QED) is 0.494. The summed E-state index contributed by atoms with van der Waals surface area (Å²) in [4.78, 5) is 15.7. The van der Waals surface area contributed by atoms with Crippen LogP contribution in [0.1, 0.15) is 30.4 Å². The van der Waals surface area contributed by atoms with Gasteiger partial charge in [0.2, 0.25) is 15.9 Å². The van der Waals surface area contributed by atoms with Gasteiger partial charge in [0.05, 0.1) is 7.11 Å². The molecular formula is C25H29N3O4S. The number of benzene rings is 2. The number of fused-ring (bicyclic) bond motifs is 1. The van der Waals surface area contributed by atoms with Crippen LogP contribution in [0.15, 0.2) is 59.6 Å². The lowest BCUT2D eigenvalue weighted by Gasteiger charge is -2.26. The molecule has 2 heterocycles. The molecule has 0 bridgehead atoms. The second-order valence-corrected chi connectivity index (χ2v) is 10.0. The van der Waals surface area contributed by atoms with Crippen LogP contribution in [0.5, 0.6) is 5.75 Å². The van der Waals surface area contributed by atoms with Crippen LogP contribution < -0.4 is 10.1 Å². The first-order valence-electron chi connectivity index (χ1n) is 11.2. The fourth-order valence-corrected chi connectivity index (χ4v) is 5.84. The Morgan fingerprint density at radius 2 is 1.94 bits per heavy atom. The molecule has 0 atom stereocenters. The highest BCUT2D eigenvalue weighted by molar-refractivity contribution is 7.89. The SMILES string of the molecule is COc1ccc(/C=C/C(=O)NCCc2c[nH]c3ccccc23)cc1S(=O)(=O)N1CCCCC1. The number of rotatable bonds is 8. The van der Waals surface area contributed by atoms with Crippen molar-refractivity contribution in [1.82, 2.24) is 14.6 Å². The van der Waals surface area contributed by atoms with Crippen LogP contribution in [-0.2, 0) is 21.2 Å². The minimum absolute atomic E-state index is 0.133. The molecule has 0 spiro atoms. The van der Waals surface area contributed by atoms with E-state index in [1.807, 2.05) is 24.4 Å². The summed E-state index contributed by atoms with van der Waals surface area (Å²) in [6, 6.07) is 13.0. The van der Waals surface area contributed by atoms with Gasteiger partial charge in [-0.2, -0.15) is 4.31 Å². The highest BCUT2D eigenvalue weighted by atomic mass is 32.2. The molecule has 7 nitrogen and oxygen atoms in total. The van der Waals surface area contributed by atoms with Crippen molar-refractivity contribution < 1.29 is 17.9 Å². The Bertz CT molecular complexity index is 1260. The van der Waals surface area contributed by atoms with Crippen LogP contribution in [0, 0.1) is 0 Å². The standard InChI is InChI=1S/C25H29N3O4S/c1-32-23-11-9-19(17-24(23)33(30,31)28-15-5-2-6-16-28)10-12-25(29)26-14-13-20-18-27-22-8-4-3-7-21(20)22/h3-4,7-12,17-18,27H,2,5-6,13-16H2,1H3,(H,26,29)/b12-10+. The monoisotopic (exact) mass is 467 g/mol. The van der Waals surface area contributed by atoms with Gasteiger partial charge in [0.15, 0.2) is 0 Å². The summed E-state index contributed by atoms with van der Waals surface area (Å²) < 4.78 is 33.1. The number of methoxy groups -OCH3 is 1. The predicted octanol–water partition coefficient (Wildman–Crippen LogP) is 3.72. The van der Waals surface area contributed by atoms with Crippen molar-refractivity contribution in [3.8, 4) is 5.75 Å². The lowest BCUT2D eigenvalue weighted by Crippen LogP contribution is -2.35. The van der Waals surface area contributed by atoms with Crippen LogP contribution in [-0.4, -0.2) is 50.4 Å². The van der Waals surface area contributed by atoms with Crippen molar-refractivity contribution in [3.05, 3.63) is 65.9 Å². The van der Waals surface area contributed by atoms with Crippen molar-refractivity contribution in [2.45, 2.75) is 30.6 Å². The van der Waals surface area contributed by atoms with Crippen LogP contribution >= 0.6 is 0 Å². The van der Waals surface area contributed by atoms with Crippen molar-refractivity contribution in [2.75, 3.05) is 26.7 Å². The smallest absolute Gasteiger partial charge is 0.246 e. The summed E-state index contributed by atoms with van der Waals surface area (Å²) in [5, 5.41) is 4.04. The number of nitrogens with zero attached hydrogens (tertiary/aromatic N) is 1. The molecule has 33 heavy (non-hydrogen) atoms. The van der Waals surface area contributed by atoms with E-state index in [0.29, 0.717) is 37.4 Å². The number of H-pyrrole nitrogens is 1. The Morgan fingerprint density at radius 1 is 1.15 bits per heavy atom. The minimum Gasteiger partial charge on any atom is -0.495 e. The molecule has 0 saturated carbocycles. The number of ether oxygens (including phenoxy) is 1. The van der Waals surface area contributed by atoms with Crippen LogP contribution in [0.3, 0.4) is 0 Å². The second-order valence-electron chi connectivity index (χ2n) is 8.11. The third kappa shape index (κ3) is 5.29. The molecule has 1 saturated heterocycles. The number of aromatic amines is 1. The lowest BCUT2D eigenvalue weighted by molar-refractivity contribution is -0.116. The van der Waals surface area contributed by atoms with Gasteiger partial charge in [-0.15, -0.1) is 0 Å². The molecule has 8 heteroatoms. The molecule has 0 aliphatic carbocycles. The van der Waals surface area contributed by atoms with Crippen molar-refractivity contribution in [1.29, 1.82) is 0 Å². The van der Waals surface area contributed by atoms with Gasteiger partial charge in [-0.3, -0.25) is 4.79 Å². The van der Waals surface area contributed by atoms with Crippen LogP contribution in [0.25, 0.3) is 17.0 Å². The van der Waals surface area contributed by atoms with Gasteiger partial charge in [-0.25, -0.2) is 8.42 Å². The van der Waals surface area contributed by atoms with Gasteiger partial charge in [0, 0.05) is 42.8 Å². The lowest BCUT2D eigenvalue weighted by atomic mass is 10.1. The van der Waals surface area contributed by atoms with E-state index in [-0.39, 0.29) is 10.8 Å². The van der Waals surface area contributed by atoms with E-state index in [1.165, 1.54) is 17.5 Å². The largest absolute Gasteiger partial charge is 0.495 e. The first-order chi connectivity index (χ1) is 16.0. The summed E-state index contributed by atoms with van der Waals surface area (Å²) >= 11 is 0. The number of piperidine rings is 1. The molecule has 4 rings (SSSR count). The number of amides is 1. The first kappa shape index (κ1) is 23.1. The first-order valence-corrected chi connectivity index (χ1v) is 12.6. The maximum absolute atomic E-state index is 13.1. The van der Waals surface area contributed by atoms with Gasteiger partial charge in [0.1, 0.15) is 10.6 Å². The van der Waals surface area contributed by atoms with E-state index in [9.17, 15) is 13.2 Å². The van der Waals surface area contributed by atoms with Crippen LogP contribution in [0.2, 0.25) is 0 Å². The highest BCUT2D eigenvalue weighted by Gasteiger charge is 2.29. The Labute approximate surface area is 194 Å². The average Bonchev–Trinajstić information content (AvgIpc) is 3.26. The number of sulfonamides is 1. The van der Waals surface area contributed by atoms with Gasteiger partial charge in [-0.05, 0) is 54.7 Å². The Kier molecular flexibility index (Phi) is 7.15. The fourth-order valence-electron chi connectivity index (χ4n) is 4.13. The van der Waals surface area contributed by atoms with Crippen molar-refractivity contribution >= 4 is 32.9 Å². The summed E-state index contributed by atoms with van der Waals surface area (Å²) in [5.74, 6) is 0.0759. The summed E-state index contributed by atoms with van der Waals surface area (Å²) in [6.07, 6.45) is 8.49. The maximum Gasteiger partial charge on any atom is 0.246 e. The number of carbonyl (C=O) groups excluding carboxylic acids is 1. The van der Waals surface area contributed by atoms with Gasteiger partial charge >= 0.3 is 0 Å². The van der Waals surface area contributed by atoms with E-state index in [4.69, 9.17) is 4.74 Å². The molecular weight excluding hydrogens is 438 g/mol. The molecule has 0 radical (unpaired) electrons. The van der Waals surface area contributed by atoms with Crippen LogP contribution in [0.4, 0.5) is 0 Å². The van der Waals surface area contributed by atoms with E-state index in [0.717, 1.165) is 35.7 Å². The molecule has 1 aliphatic rings. The number of nitrogens with one attached hydrogen (secondary N) is 2. The van der Waals surface area contributed by atoms with E-state index in [1.54, 1.807) is 24.3 Å². The average molecular weight is 468 g/mol.